The lowest BCUT2D eigenvalue weighted by atomic mass is 9.99. The van der Waals surface area contributed by atoms with Gasteiger partial charge < -0.3 is 20.1 Å². The molecule has 1 unspecified atom stereocenters. The monoisotopic (exact) mass is 511 g/mol. The molecule has 2 N–H and O–H groups in total. The van der Waals surface area contributed by atoms with Crippen LogP contribution in [0.2, 0.25) is 0 Å². The van der Waals surface area contributed by atoms with Gasteiger partial charge in [0.1, 0.15) is 6.10 Å². The lowest BCUT2D eigenvalue weighted by molar-refractivity contribution is 0.0794. The molecule has 154 valence electrons. The van der Waals surface area contributed by atoms with Crippen molar-refractivity contribution in [3.05, 3.63) is 30.1 Å². The molecule has 1 fully saturated rings. The van der Waals surface area contributed by atoms with Crippen molar-refractivity contribution in [1.82, 2.24) is 10.6 Å². The first kappa shape index (κ1) is 24.3. The van der Waals surface area contributed by atoms with E-state index in [0.717, 1.165) is 45.1 Å². The van der Waals surface area contributed by atoms with Crippen molar-refractivity contribution >= 4 is 41.7 Å². The van der Waals surface area contributed by atoms with Crippen LogP contribution >= 0.6 is 35.7 Å². The Kier molecular flexibility index (Phi) is 11.4. The number of aliphatic imine (C=N–C) groups is 1. The molecule has 1 aromatic carbocycles. The van der Waals surface area contributed by atoms with Crippen LogP contribution < -0.4 is 15.4 Å². The molecular weight excluding hydrogens is 480 g/mol. The Morgan fingerprint density at radius 1 is 1.33 bits per heavy atom. The van der Waals surface area contributed by atoms with Crippen LogP contribution in [0.3, 0.4) is 0 Å². The Bertz CT molecular complexity index is 586. The van der Waals surface area contributed by atoms with Crippen LogP contribution in [0.5, 0.6) is 5.75 Å². The summed E-state index contributed by atoms with van der Waals surface area (Å²) in [5.41, 5.74) is 0. The van der Waals surface area contributed by atoms with Crippen molar-refractivity contribution in [1.29, 1.82) is 0 Å². The Balaban J connectivity index is 0.00000364. The zero-order valence-electron chi connectivity index (χ0n) is 16.3. The van der Waals surface area contributed by atoms with Crippen molar-refractivity contribution in [2.24, 2.45) is 4.99 Å². The SMILES string of the molecule is CCNC(=NCC1(SC)CCOCC1)NCC(C)Oc1ccccc1F.I. The van der Waals surface area contributed by atoms with Crippen molar-refractivity contribution in [2.75, 3.05) is 39.1 Å². The highest BCUT2D eigenvalue weighted by Crippen LogP contribution is 2.33. The van der Waals surface area contributed by atoms with Gasteiger partial charge in [0.05, 0.1) is 13.1 Å². The van der Waals surface area contributed by atoms with E-state index >= 15 is 0 Å². The van der Waals surface area contributed by atoms with Gasteiger partial charge in [0.25, 0.3) is 0 Å². The summed E-state index contributed by atoms with van der Waals surface area (Å²) in [6.45, 7) is 7.61. The van der Waals surface area contributed by atoms with Gasteiger partial charge in [-0.05, 0) is 45.1 Å². The summed E-state index contributed by atoms with van der Waals surface area (Å²) in [5, 5.41) is 6.55. The minimum Gasteiger partial charge on any atom is -0.486 e. The molecule has 5 nitrogen and oxygen atoms in total. The quantitative estimate of drug-likeness (QED) is 0.317. The fourth-order valence-electron chi connectivity index (χ4n) is 2.77. The average molecular weight is 511 g/mol. The molecule has 0 aliphatic carbocycles. The number of rotatable bonds is 8. The highest BCUT2D eigenvalue weighted by molar-refractivity contribution is 14.0. The summed E-state index contributed by atoms with van der Waals surface area (Å²) in [4.78, 5) is 4.77. The van der Waals surface area contributed by atoms with Gasteiger partial charge in [-0.2, -0.15) is 11.8 Å². The first-order chi connectivity index (χ1) is 12.6. The standard InChI is InChI=1S/C19H30FN3O2S.HI/c1-4-21-18(23-14-19(26-3)9-11-24-12-10-19)22-13-15(2)25-17-8-6-5-7-16(17)20;/h5-8,15H,4,9-14H2,1-3H3,(H2,21,22,23);1H. The number of guanidine groups is 1. The van der Waals surface area contributed by atoms with E-state index in [2.05, 4.69) is 16.9 Å². The van der Waals surface area contributed by atoms with Crippen molar-refractivity contribution in [3.63, 3.8) is 0 Å². The molecule has 1 heterocycles. The second-order valence-electron chi connectivity index (χ2n) is 6.43. The molecule has 0 radical (unpaired) electrons. The summed E-state index contributed by atoms with van der Waals surface area (Å²) in [7, 11) is 0. The summed E-state index contributed by atoms with van der Waals surface area (Å²) >= 11 is 1.87. The van der Waals surface area contributed by atoms with Gasteiger partial charge in [0, 0.05) is 24.5 Å². The van der Waals surface area contributed by atoms with Gasteiger partial charge in [-0.15, -0.1) is 24.0 Å². The number of hydrogen-bond donors (Lipinski definition) is 2. The predicted molar refractivity (Wildman–Crippen MR) is 122 cm³/mol. The van der Waals surface area contributed by atoms with Gasteiger partial charge in [0.2, 0.25) is 0 Å². The van der Waals surface area contributed by atoms with E-state index < -0.39 is 0 Å². The molecule has 27 heavy (non-hydrogen) atoms. The van der Waals surface area contributed by atoms with Crippen molar-refractivity contribution in [2.45, 2.75) is 37.5 Å². The zero-order chi connectivity index (χ0) is 18.8. The third-order valence-corrected chi connectivity index (χ3v) is 5.83. The summed E-state index contributed by atoms with van der Waals surface area (Å²) in [6, 6.07) is 6.45. The van der Waals surface area contributed by atoms with Gasteiger partial charge in [-0.1, -0.05) is 12.1 Å². The van der Waals surface area contributed by atoms with E-state index in [0.29, 0.717) is 6.54 Å². The number of benzene rings is 1. The Labute approximate surface area is 183 Å². The van der Waals surface area contributed by atoms with E-state index in [1.807, 2.05) is 25.6 Å². The van der Waals surface area contributed by atoms with Gasteiger partial charge in [-0.3, -0.25) is 4.99 Å². The third-order valence-electron chi connectivity index (χ3n) is 4.43. The summed E-state index contributed by atoms with van der Waals surface area (Å²) in [6.07, 6.45) is 3.99. The highest BCUT2D eigenvalue weighted by atomic mass is 127. The molecule has 1 saturated heterocycles. The van der Waals surface area contributed by atoms with Gasteiger partial charge in [-0.25, -0.2) is 4.39 Å². The van der Waals surface area contributed by atoms with E-state index in [1.54, 1.807) is 18.2 Å². The molecule has 1 aliphatic heterocycles. The van der Waals surface area contributed by atoms with Crippen molar-refractivity contribution < 1.29 is 13.9 Å². The second kappa shape index (κ2) is 12.7. The maximum atomic E-state index is 13.7. The first-order valence-electron chi connectivity index (χ1n) is 9.15. The van der Waals surface area contributed by atoms with Gasteiger partial charge in [0.15, 0.2) is 17.5 Å². The number of halogens is 2. The fraction of sp³-hybridized carbons (Fsp3) is 0.632. The lowest BCUT2D eigenvalue weighted by Crippen LogP contribution is -2.43. The largest absolute Gasteiger partial charge is 0.486 e. The maximum Gasteiger partial charge on any atom is 0.191 e. The Morgan fingerprint density at radius 3 is 2.67 bits per heavy atom. The number of nitrogens with one attached hydrogen (secondary N) is 2. The molecule has 0 saturated carbocycles. The molecule has 1 atom stereocenters. The van der Waals surface area contributed by atoms with E-state index in [1.165, 1.54) is 6.07 Å². The normalized spacial score (nSPS) is 17.6. The second-order valence-corrected chi connectivity index (χ2v) is 7.71. The lowest BCUT2D eigenvalue weighted by Gasteiger charge is -2.34. The van der Waals surface area contributed by atoms with Crippen LogP contribution in [-0.4, -0.2) is 55.9 Å². The molecule has 1 aromatic rings. The van der Waals surface area contributed by atoms with Crippen LogP contribution in [-0.2, 0) is 4.74 Å². The number of thioether (sulfide) groups is 1. The van der Waals surface area contributed by atoms with E-state index in [-0.39, 0.29) is 46.4 Å². The molecule has 0 bridgehead atoms. The fourth-order valence-corrected chi connectivity index (χ4v) is 3.54. The molecular formula is C19H31FIN3O2S. The van der Waals surface area contributed by atoms with Crippen LogP contribution in [0.15, 0.2) is 29.3 Å². The number of para-hydroxylation sites is 1. The first-order valence-corrected chi connectivity index (χ1v) is 10.4. The maximum absolute atomic E-state index is 13.7. The summed E-state index contributed by atoms with van der Waals surface area (Å²) in [5.74, 6) is 0.685. The molecule has 0 amide bonds. The third kappa shape index (κ3) is 8.03. The Hall–Kier alpha value is -0.740. The van der Waals surface area contributed by atoms with E-state index in [9.17, 15) is 4.39 Å². The molecule has 0 spiro atoms. The number of nitrogens with zero attached hydrogens (tertiary/aromatic N) is 1. The Morgan fingerprint density at radius 2 is 2.04 bits per heavy atom. The predicted octanol–water partition coefficient (Wildman–Crippen LogP) is 3.68. The number of ether oxygens (including phenoxy) is 2. The van der Waals surface area contributed by atoms with Crippen LogP contribution in [0, 0.1) is 5.82 Å². The van der Waals surface area contributed by atoms with E-state index in [4.69, 9.17) is 14.5 Å². The highest BCUT2D eigenvalue weighted by Gasteiger charge is 2.31. The smallest absolute Gasteiger partial charge is 0.191 e. The summed E-state index contributed by atoms with van der Waals surface area (Å²) < 4.78 is 25.0. The number of hydrogen-bond acceptors (Lipinski definition) is 4. The van der Waals surface area contributed by atoms with Crippen LogP contribution in [0.4, 0.5) is 4.39 Å². The van der Waals surface area contributed by atoms with Gasteiger partial charge >= 0.3 is 0 Å². The molecule has 8 heteroatoms. The molecule has 2 rings (SSSR count). The molecule has 1 aliphatic rings. The van der Waals surface area contributed by atoms with Crippen LogP contribution in [0.25, 0.3) is 0 Å². The van der Waals surface area contributed by atoms with Crippen LogP contribution in [0.1, 0.15) is 26.7 Å². The topological polar surface area (TPSA) is 54.9 Å². The van der Waals surface area contributed by atoms with Crippen molar-refractivity contribution in [3.8, 4) is 5.75 Å². The molecule has 0 aromatic heterocycles. The minimum atomic E-state index is -0.346. The zero-order valence-corrected chi connectivity index (χ0v) is 19.4. The average Bonchev–Trinajstić information content (AvgIpc) is 2.66. The minimum absolute atomic E-state index is 0.